The molecule has 0 aromatic heterocycles. The number of hydrogen-bond donors (Lipinski definition) is 2. The zero-order chi connectivity index (χ0) is 14.7. The van der Waals surface area contributed by atoms with Crippen LogP contribution in [0.2, 0.25) is 0 Å². The van der Waals surface area contributed by atoms with Crippen LogP contribution >= 0.6 is 0 Å². The number of nitrogens with one attached hydrogen (secondary N) is 2. The maximum absolute atomic E-state index is 13.7. The van der Waals surface area contributed by atoms with Gasteiger partial charge in [0.2, 0.25) is 5.91 Å². The predicted octanol–water partition coefficient (Wildman–Crippen LogP) is 2.34. The SMILES string of the molecule is O=C(NC1CCCCC1)C1CC(c2ccccc2F)=NN1. The van der Waals surface area contributed by atoms with Crippen molar-refractivity contribution in [3.8, 4) is 0 Å². The number of amides is 1. The van der Waals surface area contributed by atoms with Crippen LogP contribution in [0.3, 0.4) is 0 Å². The van der Waals surface area contributed by atoms with E-state index in [1.165, 1.54) is 25.3 Å². The van der Waals surface area contributed by atoms with E-state index in [9.17, 15) is 9.18 Å². The van der Waals surface area contributed by atoms with Crippen molar-refractivity contribution >= 4 is 11.6 Å². The van der Waals surface area contributed by atoms with Crippen LogP contribution in [0.5, 0.6) is 0 Å². The van der Waals surface area contributed by atoms with Crippen molar-refractivity contribution in [2.45, 2.75) is 50.6 Å². The summed E-state index contributed by atoms with van der Waals surface area (Å²) in [5.74, 6) is -0.330. The third-order valence-corrected chi connectivity index (χ3v) is 4.21. The quantitative estimate of drug-likeness (QED) is 0.897. The molecule has 1 heterocycles. The topological polar surface area (TPSA) is 53.5 Å². The molecule has 1 aliphatic carbocycles. The van der Waals surface area contributed by atoms with Gasteiger partial charge in [-0.2, -0.15) is 5.10 Å². The number of rotatable bonds is 3. The number of carbonyl (C=O) groups excluding carboxylic acids is 1. The second-order valence-electron chi connectivity index (χ2n) is 5.77. The van der Waals surface area contributed by atoms with Crippen molar-refractivity contribution in [3.63, 3.8) is 0 Å². The molecule has 0 spiro atoms. The minimum absolute atomic E-state index is 0.0306. The third kappa shape index (κ3) is 3.23. The molecule has 1 unspecified atom stereocenters. The molecule has 1 aliphatic heterocycles. The molecule has 1 amide bonds. The van der Waals surface area contributed by atoms with E-state index >= 15 is 0 Å². The first-order valence-corrected chi connectivity index (χ1v) is 7.61. The summed E-state index contributed by atoms with van der Waals surface area (Å²) in [5.41, 5.74) is 3.91. The number of nitrogens with zero attached hydrogens (tertiary/aromatic N) is 1. The fourth-order valence-electron chi connectivity index (χ4n) is 3.01. The third-order valence-electron chi connectivity index (χ3n) is 4.21. The maximum Gasteiger partial charge on any atom is 0.244 e. The summed E-state index contributed by atoms with van der Waals surface area (Å²) < 4.78 is 13.7. The van der Waals surface area contributed by atoms with E-state index in [1.54, 1.807) is 18.2 Å². The lowest BCUT2D eigenvalue weighted by atomic mass is 9.95. The molecule has 1 aromatic rings. The Morgan fingerprint density at radius 3 is 2.76 bits per heavy atom. The highest BCUT2D eigenvalue weighted by Crippen LogP contribution is 2.19. The van der Waals surface area contributed by atoms with Crippen molar-refractivity contribution in [2.75, 3.05) is 0 Å². The molecule has 1 atom stereocenters. The van der Waals surface area contributed by atoms with E-state index in [2.05, 4.69) is 15.8 Å². The lowest BCUT2D eigenvalue weighted by Gasteiger charge is -2.24. The van der Waals surface area contributed by atoms with Gasteiger partial charge in [-0.25, -0.2) is 4.39 Å². The Labute approximate surface area is 123 Å². The second-order valence-corrected chi connectivity index (χ2v) is 5.77. The Morgan fingerprint density at radius 1 is 1.24 bits per heavy atom. The van der Waals surface area contributed by atoms with E-state index < -0.39 is 0 Å². The van der Waals surface area contributed by atoms with E-state index in [-0.39, 0.29) is 23.8 Å². The van der Waals surface area contributed by atoms with Crippen LogP contribution in [0.25, 0.3) is 0 Å². The fraction of sp³-hybridized carbons (Fsp3) is 0.500. The number of benzene rings is 1. The molecule has 2 aliphatic rings. The molecule has 0 bridgehead atoms. The first-order chi connectivity index (χ1) is 10.2. The Balaban J connectivity index is 1.58. The minimum Gasteiger partial charge on any atom is -0.352 e. The van der Waals surface area contributed by atoms with Crippen LogP contribution < -0.4 is 10.7 Å². The van der Waals surface area contributed by atoms with Gasteiger partial charge in [0.1, 0.15) is 11.9 Å². The lowest BCUT2D eigenvalue weighted by molar-refractivity contribution is -0.123. The van der Waals surface area contributed by atoms with Crippen molar-refractivity contribution in [2.24, 2.45) is 5.10 Å². The Hall–Kier alpha value is -1.91. The number of hydrazone groups is 1. The standard InChI is InChI=1S/C16H20FN3O/c17-13-9-5-4-8-12(13)14-10-15(20-19-14)16(21)18-11-6-2-1-3-7-11/h4-5,8-9,11,15,20H,1-3,6-7,10H2,(H,18,21). The van der Waals surface area contributed by atoms with Gasteiger partial charge in [-0.3, -0.25) is 10.2 Å². The van der Waals surface area contributed by atoms with Gasteiger partial charge in [0.05, 0.1) is 5.71 Å². The van der Waals surface area contributed by atoms with E-state index in [4.69, 9.17) is 0 Å². The van der Waals surface area contributed by atoms with E-state index in [1.807, 2.05) is 0 Å². The number of halogens is 1. The van der Waals surface area contributed by atoms with Crippen LogP contribution in [0.15, 0.2) is 29.4 Å². The lowest BCUT2D eigenvalue weighted by Crippen LogP contribution is -2.45. The maximum atomic E-state index is 13.7. The average Bonchev–Trinajstić information content (AvgIpc) is 2.98. The molecule has 2 N–H and O–H groups in total. The van der Waals surface area contributed by atoms with Gasteiger partial charge in [-0.15, -0.1) is 0 Å². The number of carbonyl (C=O) groups is 1. The molecule has 0 radical (unpaired) electrons. The van der Waals surface area contributed by atoms with Crippen LogP contribution in [0.1, 0.15) is 44.1 Å². The minimum atomic E-state index is -0.387. The zero-order valence-electron chi connectivity index (χ0n) is 11.9. The molecule has 112 valence electrons. The molecule has 0 saturated heterocycles. The molecule has 5 heteroatoms. The molecular weight excluding hydrogens is 269 g/mol. The van der Waals surface area contributed by atoms with Gasteiger partial charge < -0.3 is 5.32 Å². The average molecular weight is 289 g/mol. The predicted molar refractivity (Wildman–Crippen MR) is 79.5 cm³/mol. The Kier molecular flexibility index (Phi) is 4.18. The van der Waals surface area contributed by atoms with Crippen molar-refractivity contribution in [1.82, 2.24) is 10.7 Å². The highest BCUT2D eigenvalue weighted by atomic mass is 19.1. The molecule has 1 fully saturated rings. The largest absolute Gasteiger partial charge is 0.352 e. The van der Waals surface area contributed by atoms with Gasteiger partial charge >= 0.3 is 0 Å². The molecule has 21 heavy (non-hydrogen) atoms. The summed E-state index contributed by atoms with van der Waals surface area (Å²) in [7, 11) is 0. The van der Waals surface area contributed by atoms with Crippen LogP contribution in [0, 0.1) is 5.82 Å². The van der Waals surface area contributed by atoms with Crippen molar-refractivity contribution in [3.05, 3.63) is 35.6 Å². The van der Waals surface area contributed by atoms with Gasteiger partial charge in [0, 0.05) is 18.0 Å². The summed E-state index contributed by atoms with van der Waals surface area (Å²) in [5, 5.41) is 7.21. The highest BCUT2D eigenvalue weighted by Gasteiger charge is 2.28. The molecule has 1 saturated carbocycles. The smallest absolute Gasteiger partial charge is 0.244 e. The Bertz CT molecular complexity index is 552. The summed E-state index contributed by atoms with van der Waals surface area (Å²) in [6.07, 6.45) is 6.16. The van der Waals surface area contributed by atoms with E-state index in [0.717, 1.165) is 12.8 Å². The first-order valence-electron chi connectivity index (χ1n) is 7.61. The first kappa shape index (κ1) is 14.0. The zero-order valence-corrected chi connectivity index (χ0v) is 11.9. The van der Waals surface area contributed by atoms with Gasteiger partial charge in [0.25, 0.3) is 0 Å². The van der Waals surface area contributed by atoms with Gasteiger partial charge in [0.15, 0.2) is 0 Å². The summed E-state index contributed by atoms with van der Waals surface area (Å²) in [6, 6.07) is 6.42. The summed E-state index contributed by atoms with van der Waals surface area (Å²) in [6.45, 7) is 0. The van der Waals surface area contributed by atoms with Gasteiger partial charge in [-0.05, 0) is 18.9 Å². The van der Waals surface area contributed by atoms with Crippen molar-refractivity contribution in [1.29, 1.82) is 0 Å². The summed E-state index contributed by atoms with van der Waals surface area (Å²) in [4.78, 5) is 12.2. The Morgan fingerprint density at radius 2 is 2.00 bits per heavy atom. The monoisotopic (exact) mass is 289 g/mol. The molecule has 3 rings (SSSR count). The number of hydrogen-bond acceptors (Lipinski definition) is 3. The molecule has 1 aromatic carbocycles. The molecular formula is C16H20FN3O. The fourth-order valence-corrected chi connectivity index (χ4v) is 3.01. The van der Waals surface area contributed by atoms with Crippen LogP contribution in [-0.2, 0) is 4.79 Å². The second kappa shape index (κ2) is 6.24. The normalized spacial score (nSPS) is 22.5. The summed E-state index contributed by atoms with van der Waals surface area (Å²) >= 11 is 0. The van der Waals surface area contributed by atoms with E-state index in [0.29, 0.717) is 17.7 Å². The van der Waals surface area contributed by atoms with Gasteiger partial charge in [-0.1, -0.05) is 37.5 Å². The van der Waals surface area contributed by atoms with Crippen molar-refractivity contribution < 1.29 is 9.18 Å². The van der Waals surface area contributed by atoms with Crippen LogP contribution in [-0.4, -0.2) is 23.7 Å². The molecule has 4 nitrogen and oxygen atoms in total. The highest BCUT2D eigenvalue weighted by molar-refractivity contribution is 6.05. The van der Waals surface area contributed by atoms with Crippen LogP contribution in [0.4, 0.5) is 4.39 Å².